The fourth-order valence-corrected chi connectivity index (χ4v) is 3.84. The van der Waals surface area contributed by atoms with Crippen LogP contribution in [0.2, 0.25) is 5.02 Å². The van der Waals surface area contributed by atoms with Crippen molar-refractivity contribution in [2.45, 2.75) is 51.4 Å². The third-order valence-corrected chi connectivity index (χ3v) is 5.87. The van der Waals surface area contributed by atoms with Crippen LogP contribution in [0.5, 0.6) is 5.75 Å². The Bertz CT molecular complexity index is 559. The summed E-state index contributed by atoms with van der Waals surface area (Å²) in [5.41, 5.74) is 0. The lowest BCUT2D eigenvalue weighted by atomic mass is 9.80. The predicted molar refractivity (Wildman–Crippen MR) is 114 cm³/mol. The van der Waals surface area contributed by atoms with Gasteiger partial charge < -0.3 is 20.1 Å². The van der Waals surface area contributed by atoms with Crippen molar-refractivity contribution in [3.05, 3.63) is 29.3 Å². The molecule has 0 aromatic heterocycles. The van der Waals surface area contributed by atoms with Gasteiger partial charge in [0.25, 0.3) is 0 Å². The van der Waals surface area contributed by atoms with E-state index in [9.17, 15) is 4.79 Å². The number of carbonyl (C=O) groups is 1. The van der Waals surface area contributed by atoms with E-state index in [2.05, 4.69) is 5.32 Å². The molecule has 1 saturated carbocycles. The van der Waals surface area contributed by atoms with Crippen molar-refractivity contribution in [1.82, 2.24) is 10.2 Å². The molecule has 0 atom stereocenters. The highest BCUT2D eigenvalue weighted by Gasteiger charge is 2.22. The van der Waals surface area contributed by atoms with Gasteiger partial charge in [-0.15, -0.1) is 0 Å². The van der Waals surface area contributed by atoms with Crippen LogP contribution < -0.4 is 10.1 Å². The van der Waals surface area contributed by atoms with Gasteiger partial charge in [0, 0.05) is 25.2 Å². The summed E-state index contributed by atoms with van der Waals surface area (Å²) in [6.07, 6.45) is 8.91. The summed E-state index contributed by atoms with van der Waals surface area (Å²) in [5, 5.41) is 13.0. The van der Waals surface area contributed by atoms with Crippen molar-refractivity contribution < 1.29 is 14.6 Å². The molecular weight excluding hydrogens is 376 g/mol. The first-order valence-corrected chi connectivity index (χ1v) is 11.0. The van der Waals surface area contributed by atoms with Crippen molar-refractivity contribution in [3.63, 3.8) is 0 Å². The minimum atomic E-state index is -0.318. The van der Waals surface area contributed by atoms with E-state index >= 15 is 0 Å². The molecule has 2 N–H and O–H groups in total. The Balaban J connectivity index is 1.56. The summed E-state index contributed by atoms with van der Waals surface area (Å²) in [5.74, 6) is 2.00. The van der Waals surface area contributed by atoms with Crippen LogP contribution in [0.15, 0.2) is 24.3 Å². The zero-order chi connectivity index (χ0) is 20.2. The minimum absolute atomic E-state index is 0.304. The van der Waals surface area contributed by atoms with Crippen LogP contribution in [0.1, 0.15) is 51.4 Å². The number of carbonyl (C=O) groups excluding carboxylic acids is 1. The van der Waals surface area contributed by atoms with Crippen LogP contribution in [-0.2, 0) is 0 Å². The van der Waals surface area contributed by atoms with Gasteiger partial charge in [-0.3, -0.25) is 0 Å². The van der Waals surface area contributed by atoms with Crippen LogP contribution in [0.3, 0.4) is 0 Å². The first-order chi connectivity index (χ1) is 13.6. The molecule has 0 saturated heterocycles. The van der Waals surface area contributed by atoms with E-state index in [1.54, 1.807) is 36.2 Å². The van der Waals surface area contributed by atoms with Crippen LogP contribution in [0.4, 0.5) is 4.79 Å². The summed E-state index contributed by atoms with van der Waals surface area (Å²) < 4.78 is 5.37. The van der Waals surface area contributed by atoms with Gasteiger partial charge in [-0.25, -0.2) is 4.79 Å². The molecule has 0 unspecified atom stereocenters. The number of aliphatic hydroxyl groups is 1. The number of hydrogen-bond acceptors (Lipinski definition) is 4. The Kier molecular flexibility index (Phi) is 10.7. The summed E-state index contributed by atoms with van der Waals surface area (Å²) in [4.78, 5) is 13.8. The number of aliphatic hydroxyl groups excluding tert-OH is 1. The molecule has 1 fully saturated rings. The lowest BCUT2D eigenvalue weighted by Gasteiger charge is -2.29. The van der Waals surface area contributed by atoms with Gasteiger partial charge in [-0.2, -0.15) is 0 Å². The highest BCUT2D eigenvalue weighted by Crippen LogP contribution is 2.30. The molecule has 0 spiro atoms. The number of unbranched alkanes of at least 4 members (excludes halogenated alkanes) is 2. The number of ether oxygens (including phenoxy) is 1. The summed E-state index contributed by atoms with van der Waals surface area (Å²) in [6.45, 7) is 3.20. The molecular formula is C22H35ClN2O3. The molecule has 1 aliphatic rings. The average Bonchev–Trinajstić information content (AvgIpc) is 2.71. The monoisotopic (exact) mass is 410 g/mol. The van der Waals surface area contributed by atoms with Crippen LogP contribution in [-0.4, -0.2) is 49.4 Å². The molecule has 0 radical (unpaired) electrons. The molecule has 0 heterocycles. The molecule has 1 aromatic carbocycles. The lowest BCUT2D eigenvalue weighted by molar-refractivity contribution is 0.156. The van der Waals surface area contributed by atoms with Gasteiger partial charge >= 0.3 is 6.09 Å². The Labute approximate surface area is 174 Å². The maximum Gasteiger partial charge on any atom is 0.414 e. The van der Waals surface area contributed by atoms with E-state index in [0.717, 1.165) is 51.2 Å². The van der Waals surface area contributed by atoms with Crippen molar-refractivity contribution >= 4 is 17.7 Å². The Morgan fingerprint density at radius 1 is 1.14 bits per heavy atom. The third kappa shape index (κ3) is 8.80. The van der Waals surface area contributed by atoms with Gasteiger partial charge in [-0.05, 0) is 87.7 Å². The van der Waals surface area contributed by atoms with E-state index in [1.807, 2.05) is 0 Å². The second-order valence-electron chi connectivity index (χ2n) is 7.91. The normalized spacial score (nSPS) is 19.4. The van der Waals surface area contributed by atoms with Crippen LogP contribution >= 0.6 is 11.6 Å². The zero-order valence-corrected chi connectivity index (χ0v) is 17.8. The number of benzene rings is 1. The zero-order valence-electron chi connectivity index (χ0n) is 17.0. The summed E-state index contributed by atoms with van der Waals surface area (Å²) >= 11 is 5.85. The molecule has 28 heavy (non-hydrogen) atoms. The van der Waals surface area contributed by atoms with E-state index in [0.29, 0.717) is 23.3 Å². The molecule has 158 valence electrons. The fourth-order valence-electron chi connectivity index (χ4n) is 3.72. The van der Waals surface area contributed by atoms with Crippen molar-refractivity contribution in [3.8, 4) is 5.75 Å². The quantitative estimate of drug-likeness (QED) is 0.518. The topological polar surface area (TPSA) is 61.8 Å². The molecule has 5 nitrogen and oxygen atoms in total. The van der Waals surface area contributed by atoms with E-state index in [-0.39, 0.29) is 6.09 Å². The number of nitrogens with one attached hydrogen (secondary N) is 1. The predicted octanol–water partition coefficient (Wildman–Crippen LogP) is 4.72. The second-order valence-corrected chi connectivity index (χ2v) is 8.34. The number of rotatable bonds is 11. The maximum atomic E-state index is 12.2. The van der Waals surface area contributed by atoms with Crippen molar-refractivity contribution in [2.75, 3.05) is 33.3 Å². The van der Waals surface area contributed by atoms with E-state index in [1.165, 1.54) is 25.7 Å². The molecule has 0 aliphatic heterocycles. The van der Waals surface area contributed by atoms with Gasteiger partial charge in [0.15, 0.2) is 0 Å². The highest BCUT2D eigenvalue weighted by atomic mass is 35.5. The largest absolute Gasteiger partial charge is 0.414 e. The first-order valence-electron chi connectivity index (χ1n) is 10.6. The van der Waals surface area contributed by atoms with Crippen molar-refractivity contribution in [1.29, 1.82) is 0 Å². The Hall–Kier alpha value is -1.30. The lowest BCUT2D eigenvalue weighted by Crippen LogP contribution is -2.32. The minimum Gasteiger partial charge on any atom is -0.410 e. The fraction of sp³-hybridized carbons (Fsp3) is 0.682. The van der Waals surface area contributed by atoms with Gasteiger partial charge in [0.05, 0.1) is 0 Å². The van der Waals surface area contributed by atoms with Gasteiger partial charge in [0.1, 0.15) is 5.75 Å². The standard InChI is InChI=1S/C22H35ClN2O3/c1-25(22(27)28-21-11-9-20(23)10-12-21)15-13-18-5-7-19(8-6-18)17-24-14-3-2-4-16-26/h9-12,18-19,24,26H,2-8,13-17H2,1H3. The third-order valence-electron chi connectivity index (χ3n) is 5.61. The second kappa shape index (κ2) is 13.0. The number of hydrogen-bond donors (Lipinski definition) is 2. The SMILES string of the molecule is CN(CCC1CCC(CNCCCCCO)CC1)C(=O)Oc1ccc(Cl)cc1. The Morgan fingerprint density at radius 2 is 1.82 bits per heavy atom. The number of nitrogens with zero attached hydrogens (tertiary/aromatic N) is 1. The van der Waals surface area contributed by atoms with Crippen LogP contribution in [0.25, 0.3) is 0 Å². The average molecular weight is 411 g/mol. The maximum absolute atomic E-state index is 12.2. The van der Waals surface area contributed by atoms with E-state index < -0.39 is 0 Å². The van der Waals surface area contributed by atoms with E-state index in [4.69, 9.17) is 21.4 Å². The van der Waals surface area contributed by atoms with Crippen LogP contribution in [0, 0.1) is 11.8 Å². The number of halogens is 1. The Morgan fingerprint density at radius 3 is 2.50 bits per heavy atom. The van der Waals surface area contributed by atoms with Crippen molar-refractivity contribution in [2.24, 2.45) is 11.8 Å². The molecule has 1 aromatic rings. The highest BCUT2D eigenvalue weighted by molar-refractivity contribution is 6.30. The van der Waals surface area contributed by atoms with Gasteiger partial charge in [-0.1, -0.05) is 24.4 Å². The summed E-state index contributed by atoms with van der Waals surface area (Å²) in [7, 11) is 1.80. The molecule has 2 rings (SSSR count). The molecule has 1 amide bonds. The summed E-state index contributed by atoms with van der Waals surface area (Å²) in [6, 6.07) is 6.84. The number of amides is 1. The molecule has 1 aliphatic carbocycles. The smallest absolute Gasteiger partial charge is 0.410 e. The van der Waals surface area contributed by atoms with Gasteiger partial charge in [0.2, 0.25) is 0 Å². The molecule has 0 bridgehead atoms. The first kappa shape index (κ1) is 23.0. The molecule has 6 heteroatoms.